The number of anilines is 1. The number of carbonyl (C=O) groups is 1. The van der Waals surface area contributed by atoms with Crippen LogP contribution < -0.4 is 15.8 Å². The third kappa shape index (κ3) is 5.27. The number of rotatable bonds is 5. The summed E-state index contributed by atoms with van der Waals surface area (Å²) in [4.78, 5) is 15.4. The standard InChI is InChI=1S/C9H14N4O3S/c1-17(15,16)13-5-4-12-9(14)8-6-7(10)2-3-11-8/h2-3,6,13H,4-5H2,1H3,(H2,10,11)(H,12,14). The van der Waals surface area contributed by atoms with Crippen LogP contribution in [0.5, 0.6) is 0 Å². The van der Waals surface area contributed by atoms with Gasteiger partial charge in [-0.3, -0.25) is 9.78 Å². The van der Waals surface area contributed by atoms with Crippen LogP contribution in [-0.2, 0) is 10.0 Å². The van der Waals surface area contributed by atoms with Gasteiger partial charge in [-0.25, -0.2) is 13.1 Å². The first-order chi connectivity index (χ1) is 7.88. The molecule has 0 aliphatic rings. The Bertz CT molecular complexity index is 501. The molecule has 0 aliphatic heterocycles. The van der Waals surface area contributed by atoms with Crippen LogP contribution in [0.25, 0.3) is 0 Å². The predicted molar refractivity (Wildman–Crippen MR) is 63.8 cm³/mol. The Labute approximate surface area is 99.5 Å². The number of nitrogens with zero attached hydrogens (tertiary/aromatic N) is 1. The number of pyridine rings is 1. The zero-order valence-corrected chi connectivity index (χ0v) is 10.1. The van der Waals surface area contributed by atoms with Crippen LogP contribution in [0.3, 0.4) is 0 Å². The van der Waals surface area contributed by atoms with Crippen molar-refractivity contribution < 1.29 is 13.2 Å². The van der Waals surface area contributed by atoms with Crippen molar-refractivity contribution >= 4 is 21.6 Å². The summed E-state index contributed by atoms with van der Waals surface area (Å²) < 4.78 is 23.7. The van der Waals surface area contributed by atoms with Gasteiger partial charge < -0.3 is 11.1 Å². The van der Waals surface area contributed by atoms with Crippen LogP contribution in [0.1, 0.15) is 10.5 Å². The van der Waals surface area contributed by atoms with Gasteiger partial charge in [0.2, 0.25) is 10.0 Å². The summed E-state index contributed by atoms with van der Waals surface area (Å²) in [5.41, 5.74) is 6.14. The van der Waals surface area contributed by atoms with E-state index in [1.54, 1.807) is 6.07 Å². The smallest absolute Gasteiger partial charge is 0.269 e. The molecule has 1 rings (SSSR count). The molecule has 17 heavy (non-hydrogen) atoms. The molecule has 0 unspecified atom stereocenters. The van der Waals surface area contributed by atoms with Gasteiger partial charge in [-0.15, -0.1) is 0 Å². The summed E-state index contributed by atoms with van der Waals surface area (Å²) >= 11 is 0. The van der Waals surface area contributed by atoms with Crippen molar-refractivity contribution in [1.29, 1.82) is 0 Å². The van der Waals surface area contributed by atoms with E-state index in [1.807, 2.05) is 0 Å². The maximum Gasteiger partial charge on any atom is 0.269 e. The fraction of sp³-hybridized carbons (Fsp3) is 0.333. The third-order valence-corrected chi connectivity index (χ3v) is 2.52. The van der Waals surface area contributed by atoms with Crippen molar-refractivity contribution in [3.8, 4) is 0 Å². The largest absolute Gasteiger partial charge is 0.399 e. The van der Waals surface area contributed by atoms with Crippen LogP contribution in [0.15, 0.2) is 18.3 Å². The summed E-state index contributed by atoms with van der Waals surface area (Å²) in [6, 6.07) is 3.02. The Kier molecular flexibility index (Phi) is 4.41. The molecule has 0 atom stereocenters. The zero-order chi connectivity index (χ0) is 12.9. The van der Waals surface area contributed by atoms with Gasteiger partial charge in [0.15, 0.2) is 0 Å². The van der Waals surface area contributed by atoms with E-state index in [0.717, 1.165) is 6.26 Å². The highest BCUT2D eigenvalue weighted by atomic mass is 32.2. The molecule has 1 heterocycles. The second-order valence-corrected chi connectivity index (χ2v) is 5.23. The molecule has 0 saturated carbocycles. The van der Waals surface area contributed by atoms with Crippen molar-refractivity contribution in [2.45, 2.75) is 0 Å². The molecule has 1 aromatic rings. The van der Waals surface area contributed by atoms with E-state index >= 15 is 0 Å². The number of carbonyl (C=O) groups excluding carboxylic acids is 1. The van der Waals surface area contributed by atoms with Crippen LogP contribution in [0.4, 0.5) is 5.69 Å². The molecular formula is C9H14N4O3S. The van der Waals surface area contributed by atoms with E-state index in [0.29, 0.717) is 5.69 Å². The number of nitrogens with two attached hydrogens (primary N) is 1. The van der Waals surface area contributed by atoms with Gasteiger partial charge in [-0.05, 0) is 12.1 Å². The monoisotopic (exact) mass is 258 g/mol. The van der Waals surface area contributed by atoms with E-state index < -0.39 is 15.9 Å². The van der Waals surface area contributed by atoms with Crippen LogP contribution in [-0.4, -0.2) is 38.7 Å². The lowest BCUT2D eigenvalue weighted by molar-refractivity contribution is 0.0949. The van der Waals surface area contributed by atoms with Gasteiger partial charge in [0.1, 0.15) is 5.69 Å². The first kappa shape index (κ1) is 13.4. The predicted octanol–water partition coefficient (Wildman–Crippen LogP) is -1.06. The van der Waals surface area contributed by atoms with Gasteiger partial charge in [-0.1, -0.05) is 0 Å². The molecule has 0 bridgehead atoms. The number of hydrogen-bond acceptors (Lipinski definition) is 5. The normalized spacial score (nSPS) is 11.1. The highest BCUT2D eigenvalue weighted by molar-refractivity contribution is 7.88. The Balaban J connectivity index is 2.41. The van der Waals surface area contributed by atoms with E-state index in [9.17, 15) is 13.2 Å². The Morgan fingerprint density at radius 2 is 2.18 bits per heavy atom. The first-order valence-corrected chi connectivity index (χ1v) is 6.72. The van der Waals surface area contributed by atoms with Crippen LogP contribution >= 0.6 is 0 Å². The molecule has 4 N–H and O–H groups in total. The second kappa shape index (κ2) is 5.60. The topological polar surface area (TPSA) is 114 Å². The molecule has 0 aromatic carbocycles. The maximum absolute atomic E-state index is 11.5. The molecule has 0 fully saturated rings. The quantitative estimate of drug-likeness (QED) is 0.583. The SMILES string of the molecule is CS(=O)(=O)NCCNC(=O)c1cc(N)ccn1. The number of aromatic nitrogens is 1. The number of sulfonamides is 1. The lowest BCUT2D eigenvalue weighted by Crippen LogP contribution is -2.34. The number of hydrogen-bond donors (Lipinski definition) is 3. The minimum atomic E-state index is -3.23. The molecule has 0 radical (unpaired) electrons. The lowest BCUT2D eigenvalue weighted by Gasteiger charge is -2.05. The van der Waals surface area contributed by atoms with Gasteiger partial charge in [0, 0.05) is 25.0 Å². The Hall–Kier alpha value is -1.67. The molecule has 0 saturated heterocycles. The molecule has 0 aliphatic carbocycles. The Morgan fingerprint density at radius 1 is 1.47 bits per heavy atom. The fourth-order valence-electron chi connectivity index (χ4n) is 1.07. The lowest BCUT2D eigenvalue weighted by atomic mass is 10.3. The molecule has 94 valence electrons. The van der Waals surface area contributed by atoms with Crippen molar-refractivity contribution in [3.63, 3.8) is 0 Å². The van der Waals surface area contributed by atoms with E-state index in [2.05, 4.69) is 15.0 Å². The third-order valence-electron chi connectivity index (χ3n) is 1.79. The summed E-state index contributed by atoms with van der Waals surface area (Å²) in [6.45, 7) is 0.315. The summed E-state index contributed by atoms with van der Waals surface area (Å²) in [6.07, 6.45) is 2.48. The average molecular weight is 258 g/mol. The number of amides is 1. The highest BCUT2D eigenvalue weighted by Gasteiger charge is 2.06. The second-order valence-electron chi connectivity index (χ2n) is 3.40. The molecule has 7 nitrogen and oxygen atoms in total. The zero-order valence-electron chi connectivity index (χ0n) is 9.30. The summed E-state index contributed by atoms with van der Waals surface area (Å²) in [5, 5.41) is 2.51. The van der Waals surface area contributed by atoms with E-state index in [1.165, 1.54) is 12.3 Å². The molecule has 1 aromatic heterocycles. The molecule has 8 heteroatoms. The molecular weight excluding hydrogens is 244 g/mol. The van der Waals surface area contributed by atoms with Crippen molar-refractivity contribution in [2.24, 2.45) is 0 Å². The van der Waals surface area contributed by atoms with Crippen molar-refractivity contribution in [3.05, 3.63) is 24.0 Å². The number of nitrogen functional groups attached to an aromatic ring is 1. The molecule has 0 spiro atoms. The van der Waals surface area contributed by atoms with E-state index in [-0.39, 0.29) is 18.8 Å². The maximum atomic E-state index is 11.5. The fourth-order valence-corrected chi connectivity index (χ4v) is 1.55. The molecule has 1 amide bonds. The van der Waals surface area contributed by atoms with Crippen molar-refractivity contribution in [1.82, 2.24) is 15.0 Å². The average Bonchev–Trinajstić information content (AvgIpc) is 2.23. The van der Waals surface area contributed by atoms with Gasteiger partial charge in [0.05, 0.1) is 6.26 Å². The summed E-state index contributed by atoms with van der Waals surface area (Å²) in [5.74, 6) is -0.396. The number of nitrogens with one attached hydrogen (secondary N) is 2. The first-order valence-electron chi connectivity index (χ1n) is 4.83. The summed E-state index contributed by atoms with van der Waals surface area (Å²) in [7, 11) is -3.23. The van der Waals surface area contributed by atoms with Crippen molar-refractivity contribution in [2.75, 3.05) is 25.1 Å². The minimum Gasteiger partial charge on any atom is -0.399 e. The Morgan fingerprint density at radius 3 is 2.76 bits per heavy atom. The van der Waals surface area contributed by atoms with Gasteiger partial charge >= 0.3 is 0 Å². The van der Waals surface area contributed by atoms with Gasteiger partial charge in [0.25, 0.3) is 5.91 Å². The van der Waals surface area contributed by atoms with Gasteiger partial charge in [-0.2, -0.15) is 0 Å². The van der Waals surface area contributed by atoms with E-state index in [4.69, 9.17) is 5.73 Å². The van der Waals surface area contributed by atoms with Crippen LogP contribution in [0.2, 0.25) is 0 Å². The van der Waals surface area contributed by atoms with Crippen LogP contribution in [0, 0.1) is 0 Å². The highest BCUT2D eigenvalue weighted by Crippen LogP contribution is 2.01. The minimum absolute atomic E-state index is 0.132.